The Labute approximate surface area is 112 Å². The number of benzene rings is 1. The molecule has 0 radical (unpaired) electrons. The molecule has 0 aliphatic heterocycles. The van der Waals surface area contributed by atoms with E-state index < -0.39 is 21.2 Å². The first-order chi connectivity index (χ1) is 8.93. The number of hydrogen-bond donors (Lipinski definition) is 2. The van der Waals surface area contributed by atoms with Crippen molar-refractivity contribution in [2.24, 2.45) is 0 Å². The van der Waals surface area contributed by atoms with Gasteiger partial charge in [0.1, 0.15) is 5.75 Å². The predicted octanol–water partition coefficient (Wildman–Crippen LogP) is 0.848. The molecule has 0 spiro atoms. The van der Waals surface area contributed by atoms with E-state index in [-0.39, 0.29) is 6.54 Å². The lowest BCUT2D eigenvalue weighted by Gasteiger charge is -2.10. The Morgan fingerprint density at radius 2 is 2.00 bits per heavy atom. The van der Waals surface area contributed by atoms with Crippen molar-refractivity contribution in [3.05, 3.63) is 30.3 Å². The third kappa shape index (κ3) is 5.27. The van der Waals surface area contributed by atoms with E-state index in [0.717, 1.165) is 6.92 Å². The molecule has 0 aromatic heterocycles. The van der Waals surface area contributed by atoms with Crippen LogP contribution in [0.15, 0.2) is 30.3 Å². The first-order valence-electron chi connectivity index (χ1n) is 5.82. The van der Waals surface area contributed by atoms with Gasteiger partial charge in [-0.1, -0.05) is 18.2 Å². The van der Waals surface area contributed by atoms with E-state index in [0.29, 0.717) is 18.8 Å². The number of hydrogen-bond acceptors (Lipinski definition) is 4. The molecule has 0 aliphatic carbocycles. The summed E-state index contributed by atoms with van der Waals surface area (Å²) in [6.07, 6.45) is 0.459. The summed E-state index contributed by atoms with van der Waals surface area (Å²) in [6, 6.07) is 9.15. The van der Waals surface area contributed by atoms with Gasteiger partial charge in [0, 0.05) is 6.54 Å². The largest absolute Gasteiger partial charge is 0.494 e. The lowest BCUT2D eigenvalue weighted by Crippen LogP contribution is -2.38. The van der Waals surface area contributed by atoms with Crippen molar-refractivity contribution < 1.29 is 23.1 Å². The zero-order chi connectivity index (χ0) is 14.3. The van der Waals surface area contributed by atoms with Crippen molar-refractivity contribution in [1.29, 1.82) is 0 Å². The summed E-state index contributed by atoms with van der Waals surface area (Å²) in [7, 11) is -3.81. The van der Waals surface area contributed by atoms with E-state index in [2.05, 4.69) is 4.72 Å². The van der Waals surface area contributed by atoms with Gasteiger partial charge in [-0.15, -0.1) is 0 Å². The molecule has 1 aromatic carbocycles. The van der Waals surface area contributed by atoms with Gasteiger partial charge in [0.2, 0.25) is 10.0 Å². The highest BCUT2D eigenvalue weighted by atomic mass is 32.2. The molecule has 0 fully saturated rings. The van der Waals surface area contributed by atoms with Gasteiger partial charge >= 0.3 is 5.97 Å². The van der Waals surface area contributed by atoms with E-state index >= 15 is 0 Å². The molecule has 1 unspecified atom stereocenters. The predicted molar refractivity (Wildman–Crippen MR) is 70.6 cm³/mol. The number of nitrogens with one attached hydrogen (secondary N) is 1. The van der Waals surface area contributed by atoms with E-state index in [9.17, 15) is 13.2 Å². The highest BCUT2D eigenvalue weighted by Gasteiger charge is 2.26. The van der Waals surface area contributed by atoms with Crippen LogP contribution in [0.4, 0.5) is 0 Å². The smallest absolute Gasteiger partial charge is 0.323 e. The Balaban J connectivity index is 2.26. The Morgan fingerprint density at radius 1 is 1.37 bits per heavy atom. The molecule has 2 N–H and O–H groups in total. The minimum Gasteiger partial charge on any atom is -0.494 e. The molecule has 106 valence electrons. The van der Waals surface area contributed by atoms with Gasteiger partial charge in [-0.3, -0.25) is 4.79 Å². The molecule has 1 aromatic rings. The Bertz CT molecular complexity index is 500. The van der Waals surface area contributed by atoms with Crippen LogP contribution in [-0.4, -0.2) is 37.9 Å². The van der Waals surface area contributed by atoms with E-state index in [4.69, 9.17) is 9.84 Å². The summed E-state index contributed by atoms with van der Waals surface area (Å²) in [5.74, 6) is -0.655. The van der Waals surface area contributed by atoms with Crippen LogP contribution < -0.4 is 9.46 Å². The number of sulfonamides is 1. The fraction of sp³-hybridized carbons (Fsp3) is 0.417. The molecule has 6 nitrogen and oxygen atoms in total. The molecule has 0 saturated carbocycles. The van der Waals surface area contributed by atoms with Gasteiger partial charge < -0.3 is 9.84 Å². The van der Waals surface area contributed by atoms with E-state index in [1.54, 1.807) is 12.1 Å². The number of carbonyl (C=O) groups is 1. The molecular weight excluding hydrogens is 270 g/mol. The first kappa shape index (κ1) is 15.5. The number of aliphatic carboxylic acids is 1. The summed E-state index contributed by atoms with van der Waals surface area (Å²) >= 11 is 0. The summed E-state index contributed by atoms with van der Waals surface area (Å²) in [6.45, 7) is 1.63. The average molecular weight is 287 g/mol. The van der Waals surface area contributed by atoms with Crippen molar-refractivity contribution >= 4 is 16.0 Å². The molecule has 0 amide bonds. The quantitative estimate of drug-likeness (QED) is 0.691. The Morgan fingerprint density at radius 3 is 2.58 bits per heavy atom. The maximum absolute atomic E-state index is 11.5. The van der Waals surface area contributed by atoms with E-state index in [1.165, 1.54) is 0 Å². The van der Waals surface area contributed by atoms with Crippen molar-refractivity contribution in [2.45, 2.75) is 18.6 Å². The minimum absolute atomic E-state index is 0.146. The summed E-state index contributed by atoms with van der Waals surface area (Å²) in [5, 5.41) is 7.17. The van der Waals surface area contributed by atoms with Gasteiger partial charge in [-0.05, 0) is 25.5 Å². The Kier molecular flexibility index (Phi) is 5.78. The summed E-state index contributed by atoms with van der Waals surface area (Å²) < 4.78 is 30.6. The lowest BCUT2D eigenvalue weighted by molar-refractivity contribution is -0.136. The molecule has 7 heteroatoms. The second-order valence-corrected chi connectivity index (χ2v) is 6.02. The molecule has 0 bridgehead atoms. The maximum atomic E-state index is 11.5. The van der Waals surface area contributed by atoms with Crippen LogP contribution in [0.25, 0.3) is 0 Å². The normalized spacial score (nSPS) is 12.9. The Hall–Kier alpha value is -1.60. The summed E-state index contributed by atoms with van der Waals surface area (Å²) in [4.78, 5) is 10.6. The van der Waals surface area contributed by atoms with Crippen molar-refractivity contribution in [2.75, 3.05) is 13.2 Å². The monoisotopic (exact) mass is 287 g/mol. The van der Waals surface area contributed by atoms with Gasteiger partial charge in [0.15, 0.2) is 5.25 Å². The number of para-hydroxylation sites is 1. The molecule has 0 aliphatic rings. The fourth-order valence-corrected chi connectivity index (χ4v) is 2.20. The molecular formula is C12H17NO5S. The van der Waals surface area contributed by atoms with Crippen LogP contribution in [0.5, 0.6) is 5.75 Å². The van der Waals surface area contributed by atoms with Crippen molar-refractivity contribution in [3.63, 3.8) is 0 Å². The van der Waals surface area contributed by atoms with Crippen LogP contribution in [0.3, 0.4) is 0 Å². The van der Waals surface area contributed by atoms with E-state index in [1.807, 2.05) is 18.2 Å². The third-order valence-corrected chi connectivity index (χ3v) is 4.19. The molecule has 1 rings (SSSR count). The number of carboxylic acids is 1. The van der Waals surface area contributed by atoms with Crippen LogP contribution in [0.1, 0.15) is 13.3 Å². The standard InChI is InChI=1S/C12H17NO5S/c1-10(12(14)15)19(16,17)13-8-5-9-18-11-6-3-2-4-7-11/h2-4,6-7,10,13H,5,8-9H2,1H3,(H,14,15). The van der Waals surface area contributed by atoms with Gasteiger partial charge in [0.05, 0.1) is 6.61 Å². The molecule has 1 atom stereocenters. The topological polar surface area (TPSA) is 92.7 Å². The third-order valence-electron chi connectivity index (χ3n) is 2.45. The van der Waals surface area contributed by atoms with Crippen molar-refractivity contribution in [1.82, 2.24) is 4.72 Å². The summed E-state index contributed by atoms with van der Waals surface area (Å²) in [5.41, 5.74) is 0. The highest BCUT2D eigenvalue weighted by Crippen LogP contribution is 2.08. The van der Waals surface area contributed by atoms with Gasteiger partial charge in [-0.2, -0.15) is 0 Å². The zero-order valence-corrected chi connectivity index (χ0v) is 11.4. The average Bonchev–Trinajstić information content (AvgIpc) is 2.38. The molecule has 0 heterocycles. The lowest BCUT2D eigenvalue weighted by atomic mass is 10.3. The van der Waals surface area contributed by atoms with Crippen LogP contribution in [0, 0.1) is 0 Å². The first-order valence-corrected chi connectivity index (χ1v) is 7.37. The zero-order valence-electron chi connectivity index (χ0n) is 10.6. The maximum Gasteiger partial charge on any atom is 0.323 e. The number of carboxylic acid groups (broad SMARTS) is 1. The molecule has 19 heavy (non-hydrogen) atoms. The second kappa shape index (κ2) is 7.10. The highest BCUT2D eigenvalue weighted by molar-refractivity contribution is 7.90. The number of rotatable bonds is 8. The van der Waals surface area contributed by atoms with Crippen LogP contribution in [0.2, 0.25) is 0 Å². The molecule has 0 saturated heterocycles. The van der Waals surface area contributed by atoms with Crippen molar-refractivity contribution in [3.8, 4) is 5.75 Å². The number of ether oxygens (including phenoxy) is 1. The minimum atomic E-state index is -3.81. The fourth-order valence-electron chi connectivity index (χ4n) is 1.25. The van der Waals surface area contributed by atoms with Gasteiger partial charge in [-0.25, -0.2) is 13.1 Å². The van der Waals surface area contributed by atoms with Gasteiger partial charge in [0.25, 0.3) is 0 Å². The second-order valence-electron chi connectivity index (χ2n) is 3.93. The SMILES string of the molecule is CC(C(=O)O)S(=O)(=O)NCCCOc1ccccc1. The van der Waals surface area contributed by atoms with Crippen LogP contribution in [-0.2, 0) is 14.8 Å². The van der Waals surface area contributed by atoms with Crippen LogP contribution >= 0.6 is 0 Å².